The van der Waals surface area contributed by atoms with Crippen LogP contribution >= 0.6 is 0 Å². The molecule has 0 aliphatic heterocycles. The lowest BCUT2D eigenvalue weighted by atomic mass is 9.84. The van der Waals surface area contributed by atoms with Crippen LogP contribution in [-0.2, 0) is 0 Å². The summed E-state index contributed by atoms with van der Waals surface area (Å²) in [4.78, 5) is 0. The lowest BCUT2D eigenvalue weighted by Gasteiger charge is -2.24. The molecule has 0 fully saturated rings. The molecule has 2 aromatic carbocycles. The summed E-state index contributed by atoms with van der Waals surface area (Å²) in [5, 5.41) is 3.63. The largest absolute Gasteiger partial charge is 0.379 e. The highest BCUT2D eigenvalue weighted by Gasteiger charge is 2.25. The van der Waals surface area contributed by atoms with Crippen LogP contribution in [0.1, 0.15) is 50.8 Å². The van der Waals surface area contributed by atoms with E-state index in [0.717, 1.165) is 5.69 Å². The van der Waals surface area contributed by atoms with Crippen molar-refractivity contribution in [2.75, 3.05) is 5.32 Å². The van der Waals surface area contributed by atoms with Gasteiger partial charge in [0.25, 0.3) is 0 Å². The van der Waals surface area contributed by atoms with Crippen LogP contribution in [0.2, 0.25) is 0 Å². The summed E-state index contributed by atoms with van der Waals surface area (Å²) >= 11 is 0. The van der Waals surface area contributed by atoms with Crippen LogP contribution in [0, 0.1) is 0 Å². The number of allylic oxidation sites excluding steroid dienone is 4. The Hall–Kier alpha value is -2.28. The predicted molar refractivity (Wildman–Crippen MR) is 99.8 cm³/mol. The lowest BCUT2D eigenvalue weighted by Crippen LogP contribution is -2.12. The van der Waals surface area contributed by atoms with E-state index in [4.69, 9.17) is 0 Å². The van der Waals surface area contributed by atoms with Crippen molar-refractivity contribution in [1.29, 1.82) is 0 Å². The normalized spacial score (nSPS) is 18.8. The van der Waals surface area contributed by atoms with E-state index in [9.17, 15) is 0 Å². The Balaban J connectivity index is 1.94. The first kappa shape index (κ1) is 15.6. The minimum atomic E-state index is 0.273. The van der Waals surface area contributed by atoms with E-state index in [-0.39, 0.29) is 6.04 Å². The molecule has 0 saturated carbocycles. The number of para-hydroxylation sites is 1. The highest BCUT2D eigenvalue weighted by molar-refractivity contribution is 5.53. The number of anilines is 1. The lowest BCUT2D eigenvalue weighted by molar-refractivity contribution is 0.831. The van der Waals surface area contributed by atoms with Crippen LogP contribution in [0.4, 0.5) is 5.69 Å². The third kappa shape index (κ3) is 3.10. The summed E-state index contributed by atoms with van der Waals surface area (Å²) in [6.07, 6.45) is 2.33. The Morgan fingerprint density at radius 2 is 1.52 bits per heavy atom. The third-order valence-electron chi connectivity index (χ3n) is 4.89. The second kappa shape index (κ2) is 6.45. The Morgan fingerprint density at radius 1 is 0.870 bits per heavy atom. The van der Waals surface area contributed by atoms with Gasteiger partial charge in [-0.15, -0.1) is 0 Å². The first-order valence-corrected chi connectivity index (χ1v) is 8.34. The van der Waals surface area contributed by atoms with Crippen molar-refractivity contribution < 1.29 is 0 Å². The molecule has 2 aromatic rings. The Kier molecular flexibility index (Phi) is 4.38. The Bertz CT molecular complexity index is 753. The van der Waals surface area contributed by atoms with Crippen molar-refractivity contribution in [1.82, 2.24) is 0 Å². The van der Waals surface area contributed by atoms with Crippen molar-refractivity contribution >= 4 is 5.69 Å². The van der Waals surface area contributed by atoms with Crippen LogP contribution in [0.15, 0.2) is 77.4 Å². The van der Waals surface area contributed by atoms with Gasteiger partial charge in [0.2, 0.25) is 0 Å². The average Bonchev–Trinajstić information content (AvgIpc) is 2.81. The minimum Gasteiger partial charge on any atom is -0.379 e. The molecule has 0 heterocycles. The van der Waals surface area contributed by atoms with Gasteiger partial charge >= 0.3 is 0 Å². The van der Waals surface area contributed by atoms with Gasteiger partial charge in [0.15, 0.2) is 0 Å². The summed E-state index contributed by atoms with van der Waals surface area (Å²) in [7, 11) is 0. The van der Waals surface area contributed by atoms with Crippen LogP contribution in [0.5, 0.6) is 0 Å². The van der Waals surface area contributed by atoms with Gasteiger partial charge in [-0.2, -0.15) is 0 Å². The third-order valence-corrected chi connectivity index (χ3v) is 4.89. The maximum Gasteiger partial charge on any atom is 0.0488 e. The van der Waals surface area contributed by atoms with Gasteiger partial charge in [-0.25, -0.2) is 0 Å². The van der Waals surface area contributed by atoms with Crippen molar-refractivity contribution in [3.05, 3.63) is 88.5 Å². The van der Waals surface area contributed by atoms with Crippen LogP contribution in [0.3, 0.4) is 0 Å². The minimum absolute atomic E-state index is 0.273. The fourth-order valence-electron chi connectivity index (χ4n) is 3.62. The van der Waals surface area contributed by atoms with E-state index in [1.165, 1.54) is 27.8 Å². The Morgan fingerprint density at radius 3 is 2.17 bits per heavy atom. The van der Waals surface area contributed by atoms with Gasteiger partial charge in [0, 0.05) is 17.6 Å². The number of rotatable bonds is 4. The second-order valence-corrected chi connectivity index (χ2v) is 6.55. The molecule has 1 aliphatic carbocycles. The smallest absolute Gasteiger partial charge is 0.0488 e. The van der Waals surface area contributed by atoms with E-state index in [2.05, 4.69) is 87.6 Å². The molecular weight excluding hydrogens is 278 g/mol. The molecule has 0 saturated heterocycles. The number of nitrogens with one attached hydrogen (secondary N) is 1. The summed E-state index contributed by atoms with van der Waals surface area (Å²) in [5.74, 6) is 0.422. The number of hydrogen-bond donors (Lipinski definition) is 1. The van der Waals surface area contributed by atoms with E-state index in [0.29, 0.717) is 5.92 Å². The average molecular weight is 303 g/mol. The quantitative estimate of drug-likeness (QED) is 0.705. The van der Waals surface area contributed by atoms with E-state index in [1.807, 2.05) is 6.07 Å². The summed E-state index contributed by atoms with van der Waals surface area (Å²) in [5.41, 5.74) is 8.29. The molecule has 2 atom stereocenters. The van der Waals surface area contributed by atoms with Crippen molar-refractivity contribution in [2.24, 2.45) is 0 Å². The molecule has 0 radical (unpaired) electrons. The zero-order valence-electron chi connectivity index (χ0n) is 14.4. The maximum atomic E-state index is 3.63. The van der Waals surface area contributed by atoms with E-state index < -0.39 is 0 Å². The maximum absolute atomic E-state index is 3.63. The molecule has 23 heavy (non-hydrogen) atoms. The molecule has 1 nitrogen and oxygen atoms in total. The van der Waals surface area contributed by atoms with Crippen LogP contribution in [-0.4, -0.2) is 0 Å². The van der Waals surface area contributed by atoms with Gasteiger partial charge in [0.05, 0.1) is 0 Å². The molecule has 1 heteroatoms. The summed E-state index contributed by atoms with van der Waals surface area (Å²) < 4.78 is 0. The SMILES string of the molecule is CC1=CC(C)=C(C)C1c1ccccc1C(C)Nc1ccccc1. The predicted octanol–water partition coefficient (Wildman–Crippen LogP) is 6.24. The van der Waals surface area contributed by atoms with E-state index >= 15 is 0 Å². The van der Waals surface area contributed by atoms with Gasteiger partial charge < -0.3 is 5.32 Å². The molecule has 1 N–H and O–H groups in total. The van der Waals surface area contributed by atoms with Crippen molar-refractivity contribution in [3.63, 3.8) is 0 Å². The molecule has 3 rings (SSSR count). The first-order valence-electron chi connectivity index (χ1n) is 8.34. The van der Waals surface area contributed by atoms with Crippen LogP contribution in [0.25, 0.3) is 0 Å². The van der Waals surface area contributed by atoms with Crippen molar-refractivity contribution in [2.45, 2.75) is 39.7 Å². The first-order chi connectivity index (χ1) is 11.1. The second-order valence-electron chi connectivity index (χ2n) is 6.55. The number of benzene rings is 2. The zero-order chi connectivity index (χ0) is 16.4. The molecule has 2 unspecified atom stereocenters. The monoisotopic (exact) mass is 303 g/mol. The zero-order valence-corrected chi connectivity index (χ0v) is 14.4. The Labute approximate surface area is 139 Å². The number of hydrogen-bond acceptors (Lipinski definition) is 1. The van der Waals surface area contributed by atoms with Gasteiger partial charge in [-0.05, 0) is 51.0 Å². The van der Waals surface area contributed by atoms with Gasteiger partial charge in [-0.1, -0.05) is 65.3 Å². The fraction of sp³-hybridized carbons (Fsp3) is 0.273. The highest BCUT2D eigenvalue weighted by Crippen LogP contribution is 2.41. The van der Waals surface area contributed by atoms with Crippen LogP contribution < -0.4 is 5.32 Å². The summed E-state index contributed by atoms with van der Waals surface area (Å²) in [6, 6.07) is 19.5. The molecule has 118 valence electrons. The van der Waals surface area contributed by atoms with Crippen molar-refractivity contribution in [3.8, 4) is 0 Å². The van der Waals surface area contributed by atoms with Gasteiger partial charge in [-0.3, -0.25) is 0 Å². The molecule has 0 aromatic heterocycles. The standard InChI is InChI=1S/C22H25N/c1-15-14-16(2)22(17(15)3)21-13-9-8-12-20(21)18(4)23-19-10-6-5-7-11-19/h5-14,18,22-23H,1-4H3. The molecule has 0 amide bonds. The van der Waals surface area contributed by atoms with Gasteiger partial charge in [0.1, 0.15) is 0 Å². The fourth-order valence-corrected chi connectivity index (χ4v) is 3.62. The molecule has 0 spiro atoms. The molecule has 1 aliphatic rings. The van der Waals surface area contributed by atoms with E-state index in [1.54, 1.807) is 0 Å². The summed E-state index contributed by atoms with van der Waals surface area (Å²) in [6.45, 7) is 8.97. The molecular formula is C22H25N. The topological polar surface area (TPSA) is 12.0 Å². The highest BCUT2D eigenvalue weighted by atomic mass is 14.9. The molecule has 0 bridgehead atoms.